The number of hydrogen-bond acceptors (Lipinski definition) is 5. The molecule has 4 nitrogen and oxygen atoms in total. The largest absolute Gasteiger partial charge is 0.497 e. The van der Waals surface area contributed by atoms with Gasteiger partial charge in [0.25, 0.3) is 0 Å². The van der Waals surface area contributed by atoms with Crippen LogP contribution in [0.1, 0.15) is 24.0 Å². The minimum Gasteiger partial charge on any atom is -0.497 e. The number of nitrogens with one attached hydrogen (secondary N) is 1. The third-order valence-electron chi connectivity index (χ3n) is 5.71. The van der Waals surface area contributed by atoms with Crippen LogP contribution in [0.4, 0.5) is 5.69 Å². The van der Waals surface area contributed by atoms with Crippen LogP contribution in [0.2, 0.25) is 0 Å². The van der Waals surface area contributed by atoms with Crippen molar-refractivity contribution < 1.29 is 4.74 Å². The predicted octanol–water partition coefficient (Wildman–Crippen LogP) is 4.27. The Bertz CT molecular complexity index is 891. The second-order valence-electron chi connectivity index (χ2n) is 7.46. The topological polar surface area (TPSA) is 27.7 Å². The first-order valence-electron chi connectivity index (χ1n) is 9.65. The predicted molar refractivity (Wildman–Crippen MR) is 112 cm³/mol. The van der Waals surface area contributed by atoms with Crippen molar-refractivity contribution in [2.75, 3.05) is 25.1 Å². The van der Waals surface area contributed by atoms with Gasteiger partial charge in [0, 0.05) is 23.2 Å². The Hall–Kier alpha value is -2.11. The maximum absolute atomic E-state index is 5.48. The van der Waals surface area contributed by atoms with Gasteiger partial charge in [0.1, 0.15) is 5.75 Å². The fourth-order valence-corrected chi connectivity index (χ4v) is 5.69. The maximum Gasteiger partial charge on any atom is 0.159 e. The van der Waals surface area contributed by atoms with E-state index in [1.54, 1.807) is 7.11 Å². The lowest BCUT2D eigenvalue weighted by Gasteiger charge is -2.38. The number of thioether (sulfide) groups is 1. The first-order chi connectivity index (χ1) is 13.2. The molecule has 3 aliphatic rings. The third-order valence-corrected chi connectivity index (χ3v) is 6.97. The summed E-state index contributed by atoms with van der Waals surface area (Å²) in [5.41, 5.74) is 5.52. The van der Waals surface area contributed by atoms with Gasteiger partial charge in [0.2, 0.25) is 0 Å². The van der Waals surface area contributed by atoms with Crippen molar-refractivity contribution in [1.29, 1.82) is 0 Å². The van der Waals surface area contributed by atoms with Crippen molar-refractivity contribution >= 4 is 23.1 Å². The highest BCUT2D eigenvalue weighted by atomic mass is 32.2. The average Bonchev–Trinajstić information content (AvgIpc) is 3.24. The van der Waals surface area contributed by atoms with Gasteiger partial charge in [-0.25, -0.2) is 0 Å². The van der Waals surface area contributed by atoms with Gasteiger partial charge in [-0.05, 0) is 56.6 Å². The summed E-state index contributed by atoms with van der Waals surface area (Å²) >= 11 is 1.95. The van der Waals surface area contributed by atoms with E-state index < -0.39 is 0 Å². The van der Waals surface area contributed by atoms with Gasteiger partial charge < -0.3 is 19.9 Å². The standard InChI is InChI=1S/C22H25N3OS/c1-15-4-3-5-16(12-15)20-14-24-19-13-18(26-2)6-7-21(19)27-22(24)25(20)17-8-10-23-11-9-17/h3-7,12-14,17,22-23H,8-11H2,1-2H3. The normalized spacial score (nSPS) is 21.9. The van der Waals surface area contributed by atoms with E-state index in [0.717, 1.165) is 18.8 Å². The highest BCUT2D eigenvalue weighted by Gasteiger charge is 2.43. The number of ether oxygens (including phenoxy) is 1. The number of anilines is 1. The van der Waals surface area contributed by atoms with Crippen LogP contribution in [0.5, 0.6) is 5.75 Å². The summed E-state index contributed by atoms with van der Waals surface area (Å²) < 4.78 is 5.48. The maximum atomic E-state index is 5.48. The molecule has 1 saturated heterocycles. The van der Waals surface area contributed by atoms with Crippen LogP contribution in [0, 0.1) is 6.92 Å². The number of fused-ring (bicyclic) bond motifs is 3. The van der Waals surface area contributed by atoms with E-state index in [2.05, 4.69) is 70.7 Å². The monoisotopic (exact) mass is 379 g/mol. The summed E-state index contributed by atoms with van der Waals surface area (Å²) in [4.78, 5) is 6.42. The van der Waals surface area contributed by atoms with Gasteiger partial charge in [0.15, 0.2) is 5.50 Å². The first-order valence-corrected chi connectivity index (χ1v) is 10.5. The Labute approximate surface area is 165 Å². The molecule has 5 rings (SSSR count). The molecule has 0 amide bonds. The molecule has 1 atom stereocenters. The number of benzene rings is 2. The molecule has 3 aliphatic heterocycles. The van der Waals surface area contributed by atoms with Gasteiger partial charge in [-0.1, -0.05) is 35.5 Å². The van der Waals surface area contributed by atoms with Gasteiger partial charge in [-0.3, -0.25) is 0 Å². The highest BCUT2D eigenvalue weighted by Crippen LogP contribution is 2.52. The van der Waals surface area contributed by atoms with E-state index in [1.807, 2.05) is 11.8 Å². The van der Waals surface area contributed by atoms with Crippen LogP contribution >= 0.6 is 11.8 Å². The minimum atomic E-state index is 0.297. The molecular weight excluding hydrogens is 354 g/mol. The molecule has 0 aliphatic carbocycles. The molecule has 0 aromatic heterocycles. The first kappa shape index (κ1) is 17.0. The summed E-state index contributed by atoms with van der Waals surface area (Å²) in [5, 5.41) is 3.51. The fourth-order valence-electron chi connectivity index (χ4n) is 4.35. The van der Waals surface area contributed by atoms with Crippen molar-refractivity contribution in [3.05, 3.63) is 59.8 Å². The van der Waals surface area contributed by atoms with Crippen molar-refractivity contribution in [2.24, 2.45) is 0 Å². The Morgan fingerprint density at radius 2 is 1.96 bits per heavy atom. The zero-order chi connectivity index (χ0) is 18.4. The van der Waals surface area contributed by atoms with Crippen LogP contribution in [0.3, 0.4) is 0 Å². The Morgan fingerprint density at radius 1 is 1.11 bits per heavy atom. The molecule has 0 saturated carbocycles. The van der Waals surface area contributed by atoms with Crippen LogP contribution in [-0.4, -0.2) is 36.6 Å². The van der Waals surface area contributed by atoms with E-state index in [1.165, 1.54) is 40.2 Å². The third kappa shape index (κ3) is 2.89. The van der Waals surface area contributed by atoms with Crippen molar-refractivity contribution in [2.45, 2.75) is 36.2 Å². The molecule has 2 aromatic rings. The van der Waals surface area contributed by atoms with Gasteiger partial charge >= 0.3 is 0 Å². The lowest BCUT2D eigenvalue weighted by molar-refractivity contribution is 0.240. The van der Waals surface area contributed by atoms with Crippen LogP contribution in [0.15, 0.2) is 53.6 Å². The van der Waals surface area contributed by atoms with E-state index in [0.29, 0.717) is 11.5 Å². The van der Waals surface area contributed by atoms with Gasteiger partial charge in [-0.15, -0.1) is 0 Å². The summed E-state index contributed by atoms with van der Waals surface area (Å²) in [6.07, 6.45) is 4.72. The van der Waals surface area contributed by atoms with Crippen molar-refractivity contribution in [3.63, 3.8) is 0 Å². The molecule has 2 aromatic carbocycles. The smallest absolute Gasteiger partial charge is 0.159 e. The molecule has 1 N–H and O–H groups in total. The number of hydrogen-bond donors (Lipinski definition) is 1. The molecule has 0 bridgehead atoms. The molecule has 140 valence electrons. The van der Waals surface area contributed by atoms with Crippen LogP contribution < -0.4 is 15.0 Å². The van der Waals surface area contributed by atoms with E-state index >= 15 is 0 Å². The lowest BCUT2D eigenvalue weighted by atomic mass is 10.0. The summed E-state index contributed by atoms with van der Waals surface area (Å²) in [5.74, 6) is 0.917. The number of piperidine rings is 1. The molecule has 0 radical (unpaired) electrons. The number of rotatable bonds is 3. The summed E-state index contributed by atoms with van der Waals surface area (Å²) in [6, 6.07) is 15.9. The lowest BCUT2D eigenvalue weighted by Crippen LogP contribution is -2.46. The fraction of sp³-hybridized carbons (Fsp3) is 0.364. The molecule has 27 heavy (non-hydrogen) atoms. The van der Waals surface area contributed by atoms with E-state index in [4.69, 9.17) is 4.74 Å². The van der Waals surface area contributed by atoms with Crippen LogP contribution in [-0.2, 0) is 0 Å². The zero-order valence-corrected chi connectivity index (χ0v) is 16.6. The molecule has 0 spiro atoms. The number of aryl methyl sites for hydroxylation is 1. The SMILES string of the molecule is COc1ccc2c(c1)N1C=C(c3cccc(C)c3)N(C3CCNCC3)C1S2. The van der Waals surface area contributed by atoms with E-state index in [-0.39, 0.29) is 0 Å². The second-order valence-corrected chi connectivity index (χ2v) is 8.55. The van der Waals surface area contributed by atoms with E-state index in [9.17, 15) is 0 Å². The number of nitrogens with zero attached hydrogens (tertiary/aromatic N) is 2. The molecule has 3 heterocycles. The average molecular weight is 380 g/mol. The molecule has 1 fully saturated rings. The molecule has 5 heteroatoms. The molecule has 1 unspecified atom stereocenters. The quantitative estimate of drug-likeness (QED) is 0.860. The second kappa shape index (κ2) is 6.80. The summed E-state index contributed by atoms with van der Waals surface area (Å²) in [7, 11) is 1.74. The van der Waals surface area contributed by atoms with Crippen molar-refractivity contribution in [3.8, 4) is 5.75 Å². The van der Waals surface area contributed by atoms with Crippen LogP contribution in [0.25, 0.3) is 5.70 Å². The van der Waals surface area contributed by atoms with Gasteiger partial charge in [0.05, 0.1) is 18.5 Å². The Morgan fingerprint density at radius 3 is 2.74 bits per heavy atom. The summed E-state index contributed by atoms with van der Waals surface area (Å²) in [6.45, 7) is 4.37. The Kier molecular flexibility index (Phi) is 4.29. The molecular formula is C22H25N3OS. The van der Waals surface area contributed by atoms with Gasteiger partial charge in [-0.2, -0.15) is 0 Å². The Balaban J connectivity index is 1.58. The minimum absolute atomic E-state index is 0.297. The zero-order valence-electron chi connectivity index (χ0n) is 15.8. The van der Waals surface area contributed by atoms with Crippen molar-refractivity contribution in [1.82, 2.24) is 10.2 Å². The number of methoxy groups -OCH3 is 1. The highest BCUT2D eigenvalue weighted by molar-refractivity contribution is 8.00.